The molecule has 0 heterocycles. The molecular formula is C13H16O. The van der Waals surface area contributed by atoms with Gasteiger partial charge in [-0.15, -0.1) is 0 Å². The minimum absolute atomic E-state index is 0.434. The van der Waals surface area contributed by atoms with Gasteiger partial charge in [-0.2, -0.15) is 0 Å². The summed E-state index contributed by atoms with van der Waals surface area (Å²) in [6, 6.07) is 5.92. The fourth-order valence-electron chi connectivity index (χ4n) is 3.29. The van der Waals surface area contributed by atoms with Crippen LogP contribution in [0.3, 0.4) is 0 Å². The second-order valence-corrected chi connectivity index (χ2v) is 4.94. The first kappa shape index (κ1) is 8.34. The molecule has 1 fully saturated rings. The molecule has 0 saturated heterocycles. The van der Waals surface area contributed by atoms with Gasteiger partial charge < -0.3 is 5.11 Å². The van der Waals surface area contributed by atoms with Gasteiger partial charge in [-0.05, 0) is 60.3 Å². The molecule has 14 heavy (non-hydrogen) atoms. The minimum atomic E-state index is 0.434. The molecule has 1 aromatic carbocycles. The van der Waals surface area contributed by atoms with E-state index in [0.29, 0.717) is 11.2 Å². The highest BCUT2D eigenvalue weighted by Crippen LogP contribution is 2.56. The molecule has 1 aromatic rings. The Balaban J connectivity index is 2.13. The second kappa shape index (κ2) is 2.53. The third-order valence-corrected chi connectivity index (χ3v) is 4.44. The Hall–Kier alpha value is -0.980. The molecule has 0 amide bonds. The zero-order valence-electron chi connectivity index (χ0n) is 8.59. The van der Waals surface area contributed by atoms with Gasteiger partial charge in [0.15, 0.2) is 0 Å². The lowest BCUT2D eigenvalue weighted by molar-refractivity contribution is 0.138. The monoisotopic (exact) mass is 188 g/mol. The summed E-state index contributed by atoms with van der Waals surface area (Å²) in [7, 11) is 0. The molecule has 1 N–H and O–H groups in total. The van der Waals surface area contributed by atoms with Crippen LogP contribution in [-0.4, -0.2) is 5.11 Å². The fraction of sp³-hybridized carbons (Fsp3) is 0.538. The van der Waals surface area contributed by atoms with Gasteiger partial charge in [0.2, 0.25) is 0 Å². The smallest absolute Gasteiger partial charge is 0.115 e. The zero-order valence-corrected chi connectivity index (χ0v) is 8.59. The van der Waals surface area contributed by atoms with Gasteiger partial charge >= 0.3 is 0 Å². The van der Waals surface area contributed by atoms with Crippen molar-refractivity contribution in [3.63, 3.8) is 0 Å². The SMILES string of the molecule is CC1CCC12CCc1ccc(O)cc12. The van der Waals surface area contributed by atoms with Crippen LogP contribution in [-0.2, 0) is 11.8 Å². The van der Waals surface area contributed by atoms with Crippen LogP contribution in [0, 0.1) is 5.92 Å². The molecule has 0 radical (unpaired) electrons. The molecule has 2 aliphatic rings. The Kier molecular flexibility index (Phi) is 1.51. The number of fused-ring (bicyclic) bond motifs is 2. The molecule has 1 nitrogen and oxygen atoms in total. The van der Waals surface area contributed by atoms with E-state index in [-0.39, 0.29) is 0 Å². The molecule has 2 atom stereocenters. The van der Waals surface area contributed by atoms with Crippen molar-refractivity contribution in [3.05, 3.63) is 29.3 Å². The first-order valence-electron chi connectivity index (χ1n) is 5.55. The van der Waals surface area contributed by atoms with Crippen molar-refractivity contribution < 1.29 is 5.11 Å². The van der Waals surface area contributed by atoms with Gasteiger partial charge in [-0.1, -0.05) is 13.0 Å². The van der Waals surface area contributed by atoms with Gasteiger partial charge in [0.05, 0.1) is 0 Å². The van der Waals surface area contributed by atoms with E-state index in [0.717, 1.165) is 5.92 Å². The Morgan fingerprint density at radius 3 is 2.86 bits per heavy atom. The van der Waals surface area contributed by atoms with Gasteiger partial charge in [-0.3, -0.25) is 0 Å². The van der Waals surface area contributed by atoms with Gasteiger partial charge in [0.25, 0.3) is 0 Å². The van der Waals surface area contributed by atoms with E-state index in [1.807, 2.05) is 12.1 Å². The van der Waals surface area contributed by atoms with Gasteiger partial charge in [0, 0.05) is 0 Å². The molecule has 0 aliphatic heterocycles. The zero-order chi connectivity index (χ0) is 9.76. The lowest BCUT2D eigenvalue weighted by Gasteiger charge is -2.46. The number of hydrogen-bond donors (Lipinski definition) is 1. The summed E-state index contributed by atoms with van der Waals surface area (Å²) in [5.74, 6) is 1.25. The summed E-state index contributed by atoms with van der Waals surface area (Å²) in [4.78, 5) is 0. The van der Waals surface area contributed by atoms with Crippen molar-refractivity contribution in [1.82, 2.24) is 0 Å². The third kappa shape index (κ3) is 0.853. The molecule has 1 spiro atoms. The minimum Gasteiger partial charge on any atom is -0.508 e. The number of aryl methyl sites for hydroxylation is 1. The molecule has 1 heteroatoms. The number of rotatable bonds is 0. The first-order valence-corrected chi connectivity index (χ1v) is 5.55. The van der Waals surface area contributed by atoms with Crippen LogP contribution in [0.2, 0.25) is 0 Å². The first-order chi connectivity index (χ1) is 6.72. The number of hydrogen-bond acceptors (Lipinski definition) is 1. The lowest BCUT2D eigenvalue weighted by atomic mass is 9.58. The van der Waals surface area contributed by atoms with E-state index in [4.69, 9.17) is 0 Å². The molecule has 0 aromatic heterocycles. The maximum Gasteiger partial charge on any atom is 0.115 e. The van der Waals surface area contributed by atoms with Crippen LogP contribution in [0.5, 0.6) is 5.75 Å². The standard InChI is InChI=1S/C13H16O/c1-9-4-6-13(9)7-5-10-2-3-11(14)8-12(10)13/h2-3,8-9,14H,4-7H2,1H3. The Morgan fingerprint density at radius 1 is 1.36 bits per heavy atom. The maximum absolute atomic E-state index is 9.53. The van der Waals surface area contributed by atoms with Crippen molar-refractivity contribution in [2.45, 2.75) is 38.0 Å². The number of aromatic hydroxyl groups is 1. The second-order valence-electron chi connectivity index (χ2n) is 4.94. The molecule has 74 valence electrons. The van der Waals surface area contributed by atoms with Crippen molar-refractivity contribution in [2.24, 2.45) is 5.92 Å². The summed E-state index contributed by atoms with van der Waals surface area (Å²) >= 11 is 0. The third-order valence-electron chi connectivity index (χ3n) is 4.44. The van der Waals surface area contributed by atoms with Crippen molar-refractivity contribution in [3.8, 4) is 5.75 Å². The fourth-order valence-corrected chi connectivity index (χ4v) is 3.29. The molecule has 2 unspecified atom stereocenters. The summed E-state index contributed by atoms with van der Waals surface area (Å²) in [5.41, 5.74) is 3.35. The van der Waals surface area contributed by atoms with Crippen LogP contribution < -0.4 is 0 Å². The van der Waals surface area contributed by atoms with Crippen molar-refractivity contribution in [1.29, 1.82) is 0 Å². The van der Waals surface area contributed by atoms with Crippen LogP contribution in [0.4, 0.5) is 0 Å². The van der Waals surface area contributed by atoms with Gasteiger partial charge in [-0.25, -0.2) is 0 Å². The highest BCUT2D eigenvalue weighted by Gasteiger charge is 2.48. The largest absolute Gasteiger partial charge is 0.508 e. The number of phenolic OH excluding ortho intramolecular Hbond substituents is 1. The summed E-state index contributed by atoms with van der Waals surface area (Å²) < 4.78 is 0. The molecule has 0 bridgehead atoms. The molecule has 3 rings (SSSR count). The van der Waals surface area contributed by atoms with E-state index in [9.17, 15) is 5.11 Å². The van der Waals surface area contributed by atoms with E-state index >= 15 is 0 Å². The lowest BCUT2D eigenvalue weighted by Crippen LogP contribution is -2.40. The van der Waals surface area contributed by atoms with Crippen LogP contribution in [0.1, 0.15) is 37.3 Å². The van der Waals surface area contributed by atoms with E-state index in [1.165, 1.54) is 36.8 Å². The van der Waals surface area contributed by atoms with Crippen LogP contribution >= 0.6 is 0 Å². The van der Waals surface area contributed by atoms with Gasteiger partial charge in [0.1, 0.15) is 5.75 Å². The average Bonchev–Trinajstić information content (AvgIpc) is 2.56. The van der Waals surface area contributed by atoms with E-state index in [2.05, 4.69) is 13.0 Å². The highest BCUT2D eigenvalue weighted by molar-refractivity contribution is 5.45. The van der Waals surface area contributed by atoms with E-state index < -0.39 is 0 Å². The maximum atomic E-state index is 9.53. The van der Waals surface area contributed by atoms with Crippen LogP contribution in [0.25, 0.3) is 0 Å². The Morgan fingerprint density at radius 2 is 2.21 bits per heavy atom. The summed E-state index contributed by atoms with van der Waals surface area (Å²) in [6.45, 7) is 2.35. The molecular weight excluding hydrogens is 172 g/mol. The highest BCUT2D eigenvalue weighted by atomic mass is 16.3. The normalized spacial score (nSPS) is 34.2. The molecule has 1 saturated carbocycles. The van der Waals surface area contributed by atoms with E-state index in [1.54, 1.807) is 0 Å². The molecule has 2 aliphatic carbocycles. The summed E-state index contributed by atoms with van der Waals surface area (Å²) in [5, 5.41) is 9.53. The predicted molar refractivity (Wildman–Crippen MR) is 56.5 cm³/mol. The Bertz CT molecular complexity index is 383. The average molecular weight is 188 g/mol. The quantitative estimate of drug-likeness (QED) is 0.663. The van der Waals surface area contributed by atoms with Crippen LogP contribution in [0.15, 0.2) is 18.2 Å². The predicted octanol–water partition coefficient (Wildman–Crippen LogP) is 3.01. The number of benzene rings is 1. The Labute approximate surface area is 84.8 Å². The summed E-state index contributed by atoms with van der Waals surface area (Å²) in [6.07, 6.45) is 5.19. The van der Waals surface area contributed by atoms with Crippen molar-refractivity contribution >= 4 is 0 Å². The number of phenols is 1. The topological polar surface area (TPSA) is 20.2 Å². The van der Waals surface area contributed by atoms with Crippen molar-refractivity contribution in [2.75, 3.05) is 0 Å².